The molecular formula is C11H9N5S. The molecule has 0 radical (unpaired) electrons. The summed E-state index contributed by atoms with van der Waals surface area (Å²) >= 11 is 1.45. The second-order valence-electron chi connectivity index (χ2n) is 3.44. The van der Waals surface area contributed by atoms with E-state index in [2.05, 4.69) is 15.4 Å². The van der Waals surface area contributed by atoms with Crippen molar-refractivity contribution in [2.24, 2.45) is 0 Å². The van der Waals surface area contributed by atoms with Gasteiger partial charge in [0.15, 0.2) is 0 Å². The third-order valence-corrected chi connectivity index (χ3v) is 3.16. The number of nitrogen functional groups attached to an aromatic ring is 1. The number of aromatic nitrogens is 4. The van der Waals surface area contributed by atoms with Crippen LogP contribution in [0.3, 0.4) is 0 Å². The number of anilines is 1. The van der Waals surface area contributed by atoms with E-state index in [9.17, 15) is 0 Å². The molecule has 0 fully saturated rings. The van der Waals surface area contributed by atoms with Crippen molar-refractivity contribution in [3.05, 3.63) is 42.5 Å². The molecule has 0 aliphatic heterocycles. The Morgan fingerprint density at radius 3 is 2.59 bits per heavy atom. The van der Waals surface area contributed by atoms with Crippen molar-refractivity contribution < 1.29 is 0 Å². The Bertz CT molecular complexity index is 628. The molecule has 0 saturated heterocycles. The van der Waals surface area contributed by atoms with Gasteiger partial charge in [0.2, 0.25) is 5.82 Å². The Morgan fingerprint density at radius 2 is 1.88 bits per heavy atom. The second-order valence-corrected chi connectivity index (χ2v) is 4.56. The largest absolute Gasteiger partial charge is 0.391 e. The minimum Gasteiger partial charge on any atom is -0.391 e. The van der Waals surface area contributed by atoms with Crippen molar-refractivity contribution in [2.75, 3.05) is 5.73 Å². The Kier molecular flexibility index (Phi) is 2.34. The maximum atomic E-state index is 5.67. The maximum Gasteiger partial charge on any atom is 0.215 e. The zero-order valence-electron chi connectivity index (χ0n) is 8.82. The van der Waals surface area contributed by atoms with Gasteiger partial charge in [0.25, 0.3) is 0 Å². The fourth-order valence-electron chi connectivity index (χ4n) is 1.46. The summed E-state index contributed by atoms with van der Waals surface area (Å²) in [6.45, 7) is 0. The number of nitrogens with zero attached hydrogens (tertiary/aromatic N) is 4. The molecule has 0 amide bonds. The lowest BCUT2D eigenvalue weighted by molar-refractivity contribution is 0.720. The van der Waals surface area contributed by atoms with Gasteiger partial charge in [-0.1, -0.05) is 18.2 Å². The molecule has 1 aromatic carbocycles. The first-order valence-electron chi connectivity index (χ1n) is 5.04. The summed E-state index contributed by atoms with van der Waals surface area (Å²) in [5, 5.41) is 13.1. The molecule has 2 heterocycles. The Balaban J connectivity index is 1.99. The van der Waals surface area contributed by atoms with E-state index in [1.54, 1.807) is 0 Å². The van der Waals surface area contributed by atoms with Crippen LogP contribution in [0.5, 0.6) is 0 Å². The van der Waals surface area contributed by atoms with Crippen LogP contribution in [-0.2, 0) is 0 Å². The van der Waals surface area contributed by atoms with Gasteiger partial charge in [-0.25, -0.2) is 0 Å². The quantitative estimate of drug-likeness (QED) is 0.747. The lowest BCUT2D eigenvalue weighted by atomic mass is 10.3. The summed E-state index contributed by atoms with van der Waals surface area (Å²) in [5.41, 5.74) is 6.55. The number of hydrogen-bond acceptors (Lipinski definition) is 5. The standard InChI is InChI=1S/C11H9N5S/c12-10-7-6-9(17-10)11-13-15-16(14-11)8-4-2-1-3-5-8/h1-7H,12H2. The lowest BCUT2D eigenvalue weighted by Gasteiger charge is -1.95. The van der Waals surface area contributed by atoms with Crippen LogP contribution in [0.1, 0.15) is 0 Å². The molecule has 3 aromatic rings. The fourth-order valence-corrected chi connectivity index (χ4v) is 2.16. The molecule has 84 valence electrons. The molecule has 0 unspecified atom stereocenters. The Morgan fingerprint density at radius 1 is 1.06 bits per heavy atom. The predicted octanol–water partition coefficient (Wildman–Crippen LogP) is 1.97. The summed E-state index contributed by atoms with van der Waals surface area (Å²) in [7, 11) is 0. The molecule has 0 bridgehead atoms. The number of nitrogens with two attached hydrogens (primary N) is 1. The van der Waals surface area contributed by atoms with Crippen molar-refractivity contribution in [2.45, 2.75) is 0 Å². The minimum atomic E-state index is 0.593. The number of benzene rings is 1. The number of rotatable bonds is 2. The van der Waals surface area contributed by atoms with Gasteiger partial charge >= 0.3 is 0 Å². The van der Waals surface area contributed by atoms with E-state index >= 15 is 0 Å². The zero-order valence-corrected chi connectivity index (χ0v) is 9.63. The molecule has 0 aliphatic rings. The molecule has 17 heavy (non-hydrogen) atoms. The Hall–Kier alpha value is -2.21. The van der Waals surface area contributed by atoms with Crippen molar-refractivity contribution in [1.82, 2.24) is 20.2 Å². The van der Waals surface area contributed by atoms with Crippen LogP contribution < -0.4 is 5.73 Å². The molecule has 0 spiro atoms. The highest BCUT2D eigenvalue weighted by atomic mass is 32.1. The van der Waals surface area contributed by atoms with E-state index in [1.807, 2.05) is 42.5 Å². The van der Waals surface area contributed by atoms with Crippen LogP contribution in [0.25, 0.3) is 16.4 Å². The second kappa shape index (κ2) is 3.99. The van der Waals surface area contributed by atoms with Crippen LogP contribution in [0.15, 0.2) is 42.5 Å². The number of thiophene rings is 1. The third-order valence-electron chi connectivity index (χ3n) is 2.25. The van der Waals surface area contributed by atoms with E-state index in [0.29, 0.717) is 5.82 Å². The van der Waals surface area contributed by atoms with Crippen molar-refractivity contribution in [3.63, 3.8) is 0 Å². The minimum absolute atomic E-state index is 0.593. The van der Waals surface area contributed by atoms with Gasteiger partial charge in [-0.3, -0.25) is 0 Å². The molecule has 0 aliphatic carbocycles. The van der Waals surface area contributed by atoms with Gasteiger partial charge in [-0.2, -0.15) is 0 Å². The van der Waals surface area contributed by atoms with Gasteiger partial charge < -0.3 is 5.73 Å². The van der Waals surface area contributed by atoms with Crippen molar-refractivity contribution >= 4 is 16.3 Å². The number of para-hydroxylation sites is 1. The molecule has 5 nitrogen and oxygen atoms in total. The highest BCUT2D eigenvalue weighted by Gasteiger charge is 2.08. The number of tetrazole rings is 1. The monoisotopic (exact) mass is 243 g/mol. The normalized spacial score (nSPS) is 10.6. The highest BCUT2D eigenvalue weighted by Crippen LogP contribution is 2.26. The first-order chi connectivity index (χ1) is 8.33. The van der Waals surface area contributed by atoms with Gasteiger partial charge in [-0.15, -0.1) is 26.3 Å². The molecule has 3 rings (SSSR count). The van der Waals surface area contributed by atoms with Crippen LogP contribution in [0.4, 0.5) is 5.00 Å². The first-order valence-corrected chi connectivity index (χ1v) is 5.86. The van der Waals surface area contributed by atoms with Gasteiger partial charge in [-0.05, 0) is 29.5 Å². The maximum absolute atomic E-state index is 5.67. The van der Waals surface area contributed by atoms with E-state index in [1.165, 1.54) is 16.1 Å². The predicted molar refractivity (Wildman–Crippen MR) is 66.9 cm³/mol. The van der Waals surface area contributed by atoms with Crippen molar-refractivity contribution in [1.29, 1.82) is 0 Å². The summed E-state index contributed by atoms with van der Waals surface area (Å²) in [6, 6.07) is 13.4. The van der Waals surface area contributed by atoms with Gasteiger partial charge in [0.1, 0.15) is 0 Å². The van der Waals surface area contributed by atoms with Crippen LogP contribution in [-0.4, -0.2) is 20.2 Å². The lowest BCUT2D eigenvalue weighted by Crippen LogP contribution is -1.97. The van der Waals surface area contributed by atoms with E-state index in [4.69, 9.17) is 5.73 Å². The SMILES string of the molecule is Nc1ccc(-c2nnn(-c3ccccc3)n2)s1. The van der Waals surface area contributed by atoms with Gasteiger partial charge in [0.05, 0.1) is 15.6 Å². The molecule has 0 saturated carbocycles. The average Bonchev–Trinajstić information content (AvgIpc) is 2.98. The molecule has 2 aromatic heterocycles. The molecule has 2 N–H and O–H groups in total. The summed E-state index contributed by atoms with van der Waals surface area (Å²) < 4.78 is 0. The van der Waals surface area contributed by atoms with Gasteiger partial charge in [0, 0.05) is 0 Å². The third kappa shape index (κ3) is 1.90. The fraction of sp³-hybridized carbons (Fsp3) is 0. The summed E-state index contributed by atoms with van der Waals surface area (Å²) in [4.78, 5) is 2.43. The van der Waals surface area contributed by atoms with Crippen LogP contribution in [0.2, 0.25) is 0 Å². The van der Waals surface area contributed by atoms with E-state index in [0.717, 1.165) is 15.6 Å². The van der Waals surface area contributed by atoms with E-state index < -0.39 is 0 Å². The molecule has 0 atom stereocenters. The Labute approximate surface area is 102 Å². The molecule has 6 heteroatoms. The van der Waals surface area contributed by atoms with Crippen molar-refractivity contribution in [3.8, 4) is 16.4 Å². The topological polar surface area (TPSA) is 69.6 Å². The smallest absolute Gasteiger partial charge is 0.215 e. The summed E-state index contributed by atoms with van der Waals surface area (Å²) in [6.07, 6.45) is 0. The van der Waals surface area contributed by atoms with Crippen LogP contribution in [0, 0.1) is 0 Å². The zero-order chi connectivity index (χ0) is 11.7. The summed E-state index contributed by atoms with van der Waals surface area (Å²) in [5.74, 6) is 0.593. The molecular weight excluding hydrogens is 234 g/mol. The van der Waals surface area contributed by atoms with E-state index in [-0.39, 0.29) is 0 Å². The highest BCUT2D eigenvalue weighted by molar-refractivity contribution is 7.19. The average molecular weight is 243 g/mol. The first kappa shape index (κ1) is 9.98. The number of hydrogen-bond donors (Lipinski definition) is 1. The van der Waals surface area contributed by atoms with Crippen LogP contribution >= 0.6 is 11.3 Å².